The first-order chi connectivity index (χ1) is 11.0. The number of amides is 1. The van der Waals surface area contributed by atoms with Gasteiger partial charge in [-0.05, 0) is 28.8 Å². The van der Waals surface area contributed by atoms with Crippen molar-refractivity contribution < 1.29 is 4.79 Å². The maximum absolute atomic E-state index is 12.6. The predicted octanol–water partition coefficient (Wildman–Crippen LogP) is 1.68. The topological polar surface area (TPSA) is 73.0 Å². The van der Waals surface area contributed by atoms with Gasteiger partial charge in [-0.1, -0.05) is 19.3 Å². The zero-order chi connectivity index (χ0) is 16.6. The first-order valence-corrected chi connectivity index (χ1v) is 8.61. The molecule has 1 fully saturated rings. The molecule has 2 aromatic rings. The van der Waals surface area contributed by atoms with Gasteiger partial charge in [0.15, 0.2) is 5.65 Å². The maximum atomic E-state index is 12.6. The number of likely N-dealkylation sites (N-methyl/N-ethyl adjacent to an activating group) is 1. The highest BCUT2D eigenvalue weighted by Gasteiger charge is 2.23. The fourth-order valence-corrected chi connectivity index (χ4v) is 3.76. The van der Waals surface area contributed by atoms with Crippen LogP contribution in [0.15, 0.2) is 15.7 Å². The second kappa shape index (κ2) is 6.43. The van der Waals surface area contributed by atoms with Gasteiger partial charge in [-0.2, -0.15) is 5.10 Å². The fraction of sp³-hybridized carbons (Fsp3) is 0.600. The number of aryl methyl sites for hydroxylation is 1. The van der Waals surface area contributed by atoms with E-state index in [4.69, 9.17) is 0 Å². The smallest absolute Gasteiger partial charge is 0.266 e. The van der Waals surface area contributed by atoms with Crippen molar-refractivity contribution in [2.45, 2.75) is 44.7 Å². The molecular formula is C15H20BrN5O2. The summed E-state index contributed by atoms with van der Waals surface area (Å²) >= 11 is 3.28. The molecule has 1 aliphatic carbocycles. The lowest BCUT2D eigenvalue weighted by atomic mass is 9.94. The van der Waals surface area contributed by atoms with Gasteiger partial charge >= 0.3 is 0 Å². The fourth-order valence-electron chi connectivity index (χ4n) is 3.18. The largest absolute Gasteiger partial charge is 0.341 e. The van der Waals surface area contributed by atoms with Crippen LogP contribution in [0.4, 0.5) is 0 Å². The summed E-state index contributed by atoms with van der Waals surface area (Å²) in [7, 11) is 3.56. The number of aromatic nitrogens is 4. The molecular weight excluding hydrogens is 362 g/mol. The van der Waals surface area contributed by atoms with Gasteiger partial charge in [0.2, 0.25) is 5.91 Å². The van der Waals surface area contributed by atoms with Gasteiger partial charge in [0, 0.05) is 20.1 Å². The van der Waals surface area contributed by atoms with Crippen LogP contribution in [0, 0.1) is 0 Å². The van der Waals surface area contributed by atoms with Crippen LogP contribution in [-0.2, 0) is 18.4 Å². The maximum Gasteiger partial charge on any atom is 0.266 e. The molecule has 0 spiro atoms. The molecule has 23 heavy (non-hydrogen) atoms. The summed E-state index contributed by atoms with van der Waals surface area (Å²) in [5.41, 5.74) is 0.256. The van der Waals surface area contributed by atoms with E-state index >= 15 is 0 Å². The Balaban J connectivity index is 1.83. The molecule has 3 rings (SSSR count). The summed E-state index contributed by atoms with van der Waals surface area (Å²) in [6.07, 6.45) is 7.08. The Kier molecular flexibility index (Phi) is 4.52. The third-order valence-corrected chi connectivity index (χ3v) is 5.14. The Morgan fingerprint density at radius 2 is 2.09 bits per heavy atom. The van der Waals surface area contributed by atoms with Crippen LogP contribution in [0.3, 0.4) is 0 Å². The van der Waals surface area contributed by atoms with Crippen molar-refractivity contribution in [3.63, 3.8) is 0 Å². The van der Waals surface area contributed by atoms with E-state index in [-0.39, 0.29) is 24.1 Å². The molecule has 0 bridgehead atoms. The monoisotopic (exact) mass is 381 g/mol. The second-order valence-electron chi connectivity index (χ2n) is 6.09. The van der Waals surface area contributed by atoms with Gasteiger partial charge < -0.3 is 4.90 Å². The molecule has 0 radical (unpaired) electrons. The molecule has 1 aliphatic rings. The molecule has 0 saturated heterocycles. The minimum Gasteiger partial charge on any atom is -0.341 e. The highest BCUT2D eigenvalue weighted by molar-refractivity contribution is 9.10. The molecule has 0 unspecified atom stereocenters. The van der Waals surface area contributed by atoms with Crippen molar-refractivity contribution in [1.82, 2.24) is 24.2 Å². The highest BCUT2D eigenvalue weighted by atomic mass is 79.9. The van der Waals surface area contributed by atoms with E-state index in [1.165, 1.54) is 30.2 Å². The summed E-state index contributed by atoms with van der Waals surface area (Å²) in [5, 5.41) is 4.55. The predicted molar refractivity (Wildman–Crippen MR) is 90.1 cm³/mol. The average molecular weight is 382 g/mol. The lowest BCUT2D eigenvalue weighted by molar-refractivity contribution is -0.133. The number of fused-ring (bicyclic) bond motifs is 1. The van der Waals surface area contributed by atoms with Gasteiger partial charge in [-0.15, -0.1) is 0 Å². The summed E-state index contributed by atoms with van der Waals surface area (Å²) in [5.74, 6) is -0.0554. The van der Waals surface area contributed by atoms with Crippen LogP contribution in [0.5, 0.6) is 0 Å². The molecule has 8 heteroatoms. The normalized spacial score (nSPS) is 16.0. The van der Waals surface area contributed by atoms with E-state index in [2.05, 4.69) is 26.0 Å². The molecule has 2 heterocycles. The number of hydrogen-bond acceptors (Lipinski definition) is 4. The van der Waals surface area contributed by atoms with Crippen molar-refractivity contribution in [3.8, 4) is 0 Å². The molecule has 124 valence electrons. The van der Waals surface area contributed by atoms with Crippen LogP contribution in [0.1, 0.15) is 32.1 Å². The highest BCUT2D eigenvalue weighted by Crippen LogP contribution is 2.22. The Labute approximate surface area is 142 Å². The first kappa shape index (κ1) is 16.2. The van der Waals surface area contributed by atoms with E-state index < -0.39 is 0 Å². The van der Waals surface area contributed by atoms with Crippen LogP contribution in [0.2, 0.25) is 0 Å². The summed E-state index contributed by atoms with van der Waals surface area (Å²) in [4.78, 5) is 31.1. The van der Waals surface area contributed by atoms with Crippen LogP contribution in [0.25, 0.3) is 11.0 Å². The molecule has 0 N–H and O–H groups in total. The van der Waals surface area contributed by atoms with Crippen molar-refractivity contribution in [3.05, 3.63) is 21.3 Å². The van der Waals surface area contributed by atoms with Crippen molar-refractivity contribution >= 4 is 32.9 Å². The van der Waals surface area contributed by atoms with Crippen molar-refractivity contribution in [2.75, 3.05) is 7.05 Å². The Bertz CT molecular complexity index is 791. The van der Waals surface area contributed by atoms with Gasteiger partial charge in [-0.25, -0.2) is 9.67 Å². The van der Waals surface area contributed by atoms with E-state index in [0.717, 1.165) is 12.8 Å². The Hall–Kier alpha value is -1.70. The quantitative estimate of drug-likeness (QED) is 0.810. The summed E-state index contributed by atoms with van der Waals surface area (Å²) in [6, 6.07) is 0.286. The number of nitrogens with zero attached hydrogens (tertiary/aromatic N) is 5. The molecule has 0 atom stereocenters. The average Bonchev–Trinajstić information content (AvgIpc) is 2.85. The van der Waals surface area contributed by atoms with Crippen LogP contribution < -0.4 is 5.56 Å². The van der Waals surface area contributed by atoms with Gasteiger partial charge in [-0.3, -0.25) is 14.2 Å². The van der Waals surface area contributed by atoms with E-state index in [1.807, 2.05) is 7.05 Å². The number of carbonyl (C=O) groups is 1. The third kappa shape index (κ3) is 3.04. The zero-order valence-electron chi connectivity index (χ0n) is 13.3. The Morgan fingerprint density at radius 1 is 1.39 bits per heavy atom. The zero-order valence-corrected chi connectivity index (χ0v) is 14.9. The third-order valence-electron chi connectivity index (χ3n) is 4.59. The Morgan fingerprint density at radius 3 is 2.78 bits per heavy atom. The van der Waals surface area contributed by atoms with Crippen molar-refractivity contribution in [1.29, 1.82) is 0 Å². The number of rotatable bonds is 3. The SMILES string of the molecule is CN(C(=O)Cn1cnc2c(c(Br)nn2C)c1=O)C1CCCCC1. The van der Waals surface area contributed by atoms with E-state index in [9.17, 15) is 9.59 Å². The lowest BCUT2D eigenvalue weighted by Gasteiger charge is -2.31. The van der Waals surface area contributed by atoms with Crippen LogP contribution in [-0.4, -0.2) is 43.2 Å². The lowest BCUT2D eigenvalue weighted by Crippen LogP contribution is -2.41. The molecule has 1 amide bonds. The minimum absolute atomic E-state index is 0.0100. The standard InChI is InChI=1S/C15H20BrN5O2/c1-19(10-6-4-3-5-7-10)11(22)8-21-9-17-14-12(15(21)23)13(16)18-20(14)2/h9-10H,3-8H2,1-2H3. The van der Waals surface area contributed by atoms with E-state index in [1.54, 1.807) is 16.6 Å². The van der Waals surface area contributed by atoms with E-state index in [0.29, 0.717) is 15.6 Å². The van der Waals surface area contributed by atoms with Gasteiger partial charge in [0.25, 0.3) is 5.56 Å². The molecule has 7 nitrogen and oxygen atoms in total. The van der Waals surface area contributed by atoms with Crippen LogP contribution >= 0.6 is 15.9 Å². The van der Waals surface area contributed by atoms with Gasteiger partial charge in [0.05, 0.1) is 0 Å². The molecule has 0 aliphatic heterocycles. The molecule has 1 saturated carbocycles. The van der Waals surface area contributed by atoms with Crippen molar-refractivity contribution in [2.24, 2.45) is 7.05 Å². The number of hydrogen-bond donors (Lipinski definition) is 0. The van der Waals surface area contributed by atoms with Gasteiger partial charge in [0.1, 0.15) is 22.9 Å². The second-order valence-corrected chi connectivity index (χ2v) is 6.84. The molecule has 0 aromatic carbocycles. The summed E-state index contributed by atoms with van der Waals surface area (Å²) < 4.78 is 3.35. The summed E-state index contributed by atoms with van der Waals surface area (Å²) in [6.45, 7) is 0.0100. The number of halogens is 1. The number of carbonyl (C=O) groups excluding carboxylic acids is 1. The molecule has 2 aromatic heterocycles. The first-order valence-electron chi connectivity index (χ1n) is 7.82. The minimum atomic E-state index is -0.250.